The molecule has 3 heteroatoms. The van der Waals surface area contributed by atoms with Crippen molar-refractivity contribution in [2.24, 2.45) is 0 Å². The molecule has 0 atom stereocenters. The molecule has 1 rings (SSSR count). The number of hydrogen-bond donors (Lipinski definition) is 2. The van der Waals surface area contributed by atoms with Gasteiger partial charge in [0.25, 0.3) is 0 Å². The molecule has 1 aliphatic carbocycles. The molecule has 2 N–H and O–H groups in total. The van der Waals surface area contributed by atoms with Gasteiger partial charge in [0.05, 0.1) is 0 Å². The molecule has 0 bridgehead atoms. The van der Waals surface area contributed by atoms with Gasteiger partial charge in [-0.1, -0.05) is 6.08 Å². The fourth-order valence-corrected chi connectivity index (χ4v) is 1.41. The predicted octanol–water partition coefficient (Wildman–Crippen LogP) is 1.90. The number of hydrogen-bond acceptors (Lipinski definition) is 2. The molecule has 0 aromatic rings. The van der Waals surface area contributed by atoms with Gasteiger partial charge >= 0.3 is 5.97 Å². The normalized spacial score (nSPS) is 17.8. The van der Waals surface area contributed by atoms with E-state index in [9.17, 15) is 4.79 Å². The highest BCUT2D eigenvalue weighted by atomic mass is 16.4. The smallest absolute Gasteiger partial charge is 0.328 e. The highest BCUT2D eigenvalue weighted by Crippen LogP contribution is 2.17. The van der Waals surface area contributed by atoms with E-state index in [1.807, 2.05) is 0 Å². The summed E-state index contributed by atoms with van der Waals surface area (Å²) in [5.41, 5.74) is 0.238. The van der Waals surface area contributed by atoms with Crippen molar-refractivity contribution in [3.05, 3.63) is 11.8 Å². The lowest BCUT2D eigenvalue weighted by Gasteiger charge is -2.26. The van der Waals surface area contributed by atoms with Gasteiger partial charge in [0.1, 0.15) is 5.54 Å². The van der Waals surface area contributed by atoms with Gasteiger partial charge in [-0.2, -0.15) is 0 Å². The maximum absolute atomic E-state index is 10.8. The third-order valence-corrected chi connectivity index (χ3v) is 2.30. The maximum atomic E-state index is 10.8. The van der Waals surface area contributed by atoms with Gasteiger partial charge in [-0.15, -0.1) is 0 Å². The summed E-state index contributed by atoms with van der Waals surface area (Å²) < 4.78 is 0. The number of allylic oxidation sites excluding steroid dienone is 2. The van der Waals surface area contributed by atoms with Crippen molar-refractivity contribution in [3.8, 4) is 0 Å². The molecule has 3 nitrogen and oxygen atoms in total. The third kappa shape index (κ3) is 2.76. The molecule has 0 radical (unpaired) electrons. The minimum absolute atomic E-state index is 0.807. The second kappa shape index (κ2) is 3.81. The Morgan fingerprint density at radius 1 is 1.54 bits per heavy atom. The summed E-state index contributed by atoms with van der Waals surface area (Å²) in [6, 6.07) is 0. The van der Waals surface area contributed by atoms with Gasteiger partial charge in [0, 0.05) is 5.70 Å². The van der Waals surface area contributed by atoms with Gasteiger partial charge in [-0.3, -0.25) is 0 Å². The lowest BCUT2D eigenvalue weighted by Crippen LogP contribution is -2.46. The largest absolute Gasteiger partial charge is 0.480 e. The molecule has 13 heavy (non-hydrogen) atoms. The second-order valence-corrected chi connectivity index (χ2v) is 4.03. The Labute approximate surface area is 78.8 Å². The number of carboxylic acid groups (broad SMARTS) is 1. The Kier molecular flexibility index (Phi) is 2.96. The van der Waals surface area contributed by atoms with Crippen molar-refractivity contribution < 1.29 is 9.90 Å². The summed E-state index contributed by atoms with van der Waals surface area (Å²) >= 11 is 0. The van der Waals surface area contributed by atoms with E-state index in [-0.39, 0.29) is 0 Å². The standard InChI is InChI=1S/C10H17NO2/c1-10(2,9(12)13)11-8-6-4-3-5-7-8/h6,11H,3-5,7H2,1-2H3,(H,12,13). The molecular weight excluding hydrogens is 166 g/mol. The minimum Gasteiger partial charge on any atom is -0.480 e. The van der Waals surface area contributed by atoms with Crippen LogP contribution in [0, 0.1) is 0 Å². The molecule has 0 saturated carbocycles. The molecule has 1 aliphatic rings. The van der Waals surface area contributed by atoms with Crippen LogP contribution in [0.4, 0.5) is 0 Å². The SMILES string of the molecule is CC(C)(NC1=CCCCC1)C(=O)O. The molecule has 0 aromatic heterocycles. The summed E-state index contributed by atoms with van der Waals surface area (Å²) in [5.74, 6) is -0.807. The van der Waals surface area contributed by atoms with Crippen molar-refractivity contribution in [2.45, 2.75) is 45.1 Å². The van der Waals surface area contributed by atoms with E-state index >= 15 is 0 Å². The van der Waals surface area contributed by atoms with E-state index in [0.29, 0.717) is 0 Å². The van der Waals surface area contributed by atoms with Crippen LogP contribution in [0.25, 0.3) is 0 Å². The first kappa shape index (κ1) is 10.1. The quantitative estimate of drug-likeness (QED) is 0.702. The lowest BCUT2D eigenvalue weighted by molar-refractivity contribution is -0.143. The zero-order chi connectivity index (χ0) is 9.90. The molecule has 0 amide bonds. The molecule has 0 aliphatic heterocycles. The minimum atomic E-state index is -0.844. The van der Waals surface area contributed by atoms with E-state index < -0.39 is 11.5 Å². The van der Waals surface area contributed by atoms with E-state index in [0.717, 1.165) is 25.0 Å². The number of nitrogens with one attached hydrogen (secondary N) is 1. The van der Waals surface area contributed by atoms with Crippen molar-refractivity contribution in [1.29, 1.82) is 0 Å². The molecule has 0 spiro atoms. The van der Waals surface area contributed by atoms with Crippen LogP contribution in [-0.4, -0.2) is 16.6 Å². The Morgan fingerprint density at radius 2 is 2.23 bits per heavy atom. The lowest BCUT2D eigenvalue weighted by atomic mass is 10.0. The summed E-state index contributed by atoms with van der Waals surface area (Å²) in [4.78, 5) is 10.8. The molecule has 74 valence electrons. The van der Waals surface area contributed by atoms with Crippen LogP contribution in [0.5, 0.6) is 0 Å². The number of rotatable bonds is 3. The summed E-state index contributed by atoms with van der Waals surface area (Å²) in [5, 5.41) is 11.9. The van der Waals surface area contributed by atoms with E-state index in [4.69, 9.17) is 5.11 Å². The van der Waals surface area contributed by atoms with Crippen molar-refractivity contribution in [1.82, 2.24) is 5.32 Å². The summed E-state index contributed by atoms with van der Waals surface area (Å²) in [6.07, 6.45) is 6.54. The van der Waals surface area contributed by atoms with Crippen LogP contribution in [-0.2, 0) is 4.79 Å². The average molecular weight is 183 g/mol. The van der Waals surface area contributed by atoms with Crippen LogP contribution in [0.15, 0.2) is 11.8 Å². The number of carboxylic acids is 1. The fourth-order valence-electron chi connectivity index (χ4n) is 1.41. The molecule has 0 heterocycles. The maximum Gasteiger partial charge on any atom is 0.328 e. The average Bonchev–Trinajstić information content (AvgIpc) is 2.05. The monoisotopic (exact) mass is 183 g/mol. The van der Waals surface area contributed by atoms with Gasteiger partial charge in [0.2, 0.25) is 0 Å². The topological polar surface area (TPSA) is 49.3 Å². The van der Waals surface area contributed by atoms with E-state index in [1.165, 1.54) is 6.42 Å². The molecule has 0 unspecified atom stereocenters. The van der Waals surface area contributed by atoms with Crippen LogP contribution in [0.3, 0.4) is 0 Å². The summed E-state index contributed by atoms with van der Waals surface area (Å²) in [6.45, 7) is 3.37. The fraction of sp³-hybridized carbons (Fsp3) is 0.700. The van der Waals surface area contributed by atoms with Crippen molar-refractivity contribution in [3.63, 3.8) is 0 Å². The zero-order valence-electron chi connectivity index (χ0n) is 8.26. The second-order valence-electron chi connectivity index (χ2n) is 4.03. The van der Waals surface area contributed by atoms with Crippen LogP contribution in [0.2, 0.25) is 0 Å². The highest BCUT2D eigenvalue weighted by Gasteiger charge is 2.27. The Bertz CT molecular complexity index is 231. The van der Waals surface area contributed by atoms with Crippen LogP contribution < -0.4 is 5.32 Å². The van der Waals surface area contributed by atoms with Gasteiger partial charge < -0.3 is 10.4 Å². The molecular formula is C10H17NO2. The van der Waals surface area contributed by atoms with Gasteiger partial charge in [0.15, 0.2) is 0 Å². The zero-order valence-corrected chi connectivity index (χ0v) is 8.26. The van der Waals surface area contributed by atoms with Crippen molar-refractivity contribution in [2.75, 3.05) is 0 Å². The molecule has 0 saturated heterocycles. The van der Waals surface area contributed by atoms with Crippen LogP contribution in [0.1, 0.15) is 39.5 Å². The van der Waals surface area contributed by atoms with Gasteiger partial charge in [-0.05, 0) is 39.5 Å². The number of carbonyl (C=O) groups is 1. The highest BCUT2D eigenvalue weighted by molar-refractivity contribution is 5.77. The van der Waals surface area contributed by atoms with E-state index in [1.54, 1.807) is 13.8 Å². The summed E-state index contributed by atoms with van der Waals surface area (Å²) in [7, 11) is 0. The number of aliphatic carboxylic acids is 1. The van der Waals surface area contributed by atoms with Crippen LogP contribution >= 0.6 is 0 Å². The van der Waals surface area contributed by atoms with Crippen molar-refractivity contribution >= 4 is 5.97 Å². The third-order valence-electron chi connectivity index (χ3n) is 2.30. The first-order chi connectivity index (χ1) is 6.02. The Hall–Kier alpha value is -0.990. The molecule has 0 fully saturated rings. The first-order valence-electron chi connectivity index (χ1n) is 4.73. The predicted molar refractivity (Wildman–Crippen MR) is 51.4 cm³/mol. The molecule has 0 aromatic carbocycles. The van der Waals surface area contributed by atoms with E-state index in [2.05, 4.69) is 11.4 Å². The van der Waals surface area contributed by atoms with Gasteiger partial charge in [-0.25, -0.2) is 4.79 Å². The first-order valence-corrected chi connectivity index (χ1v) is 4.73. The Balaban J connectivity index is 2.56. The Morgan fingerprint density at radius 3 is 2.69 bits per heavy atom.